The van der Waals surface area contributed by atoms with E-state index < -0.39 is 0 Å². The zero-order valence-corrected chi connectivity index (χ0v) is 8.78. The Bertz CT molecular complexity index is 149. The largest absolute Gasteiger partial charge is 0.303 e. The Balaban J connectivity index is 2.10. The summed E-state index contributed by atoms with van der Waals surface area (Å²) in [5.74, 6) is 1.54. The van der Waals surface area contributed by atoms with Crippen molar-refractivity contribution in [3.8, 4) is 0 Å². The molecule has 0 aromatic heterocycles. The summed E-state index contributed by atoms with van der Waals surface area (Å²) in [4.78, 5) is 20.4. The van der Waals surface area contributed by atoms with Crippen molar-refractivity contribution in [3.05, 3.63) is 0 Å². The van der Waals surface area contributed by atoms with Crippen LogP contribution in [0, 0.1) is 11.8 Å². The van der Waals surface area contributed by atoms with E-state index in [1.165, 1.54) is 25.7 Å². The van der Waals surface area contributed by atoms with Crippen LogP contribution in [0.3, 0.4) is 0 Å². The molecule has 2 nitrogen and oxygen atoms in total. The van der Waals surface area contributed by atoms with E-state index in [-0.39, 0.29) is 0 Å². The summed E-state index contributed by atoms with van der Waals surface area (Å²) in [6, 6.07) is 0. The molecule has 1 aliphatic rings. The Morgan fingerprint density at radius 2 is 1.14 bits per heavy atom. The van der Waals surface area contributed by atoms with Crippen molar-refractivity contribution < 1.29 is 9.59 Å². The van der Waals surface area contributed by atoms with Crippen LogP contribution in [0.25, 0.3) is 0 Å². The summed E-state index contributed by atoms with van der Waals surface area (Å²) in [5.41, 5.74) is 0. The summed E-state index contributed by atoms with van der Waals surface area (Å²) in [6.07, 6.45) is 10.7. The SMILES string of the molecule is O=CCCC1CCC(CCC=O)CC1. The van der Waals surface area contributed by atoms with Crippen molar-refractivity contribution in [2.75, 3.05) is 0 Å². The molecule has 80 valence electrons. The number of carbonyl (C=O) groups excluding carboxylic acids is 2. The van der Waals surface area contributed by atoms with Crippen LogP contribution in [0.15, 0.2) is 0 Å². The highest BCUT2D eigenvalue weighted by Gasteiger charge is 2.20. The molecule has 0 atom stereocenters. The summed E-state index contributed by atoms with van der Waals surface area (Å²) >= 11 is 0. The Morgan fingerprint density at radius 3 is 1.43 bits per heavy atom. The van der Waals surface area contributed by atoms with Gasteiger partial charge in [-0.3, -0.25) is 0 Å². The lowest BCUT2D eigenvalue weighted by molar-refractivity contribution is -0.109. The third kappa shape index (κ3) is 4.03. The topological polar surface area (TPSA) is 34.1 Å². The van der Waals surface area contributed by atoms with Crippen molar-refractivity contribution in [2.24, 2.45) is 11.8 Å². The lowest BCUT2D eigenvalue weighted by Crippen LogP contribution is -2.14. The molecule has 0 amide bonds. The maximum Gasteiger partial charge on any atom is 0.120 e. The molecule has 0 unspecified atom stereocenters. The van der Waals surface area contributed by atoms with Crippen molar-refractivity contribution >= 4 is 12.6 Å². The van der Waals surface area contributed by atoms with Crippen molar-refractivity contribution in [3.63, 3.8) is 0 Å². The van der Waals surface area contributed by atoms with Gasteiger partial charge in [0.1, 0.15) is 12.6 Å². The van der Waals surface area contributed by atoms with Gasteiger partial charge in [-0.15, -0.1) is 0 Å². The van der Waals surface area contributed by atoms with Crippen LogP contribution in [-0.4, -0.2) is 12.6 Å². The first kappa shape index (κ1) is 11.4. The molecule has 0 aromatic rings. The molecule has 0 heterocycles. The van der Waals surface area contributed by atoms with Gasteiger partial charge in [-0.2, -0.15) is 0 Å². The summed E-state index contributed by atoms with van der Waals surface area (Å²) in [5, 5.41) is 0. The molecule has 1 saturated carbocycles. The molecule has 0 spiro atoms. The molecule has 1 rings (SSSR count). The zero-order valence-electron chi connectivity index (χ0n) is 8.78. The second-order valence-electron chi connectivity index (χ2n) is 4.37. The van der Waals surface area contributed by atoms with Crippen molar-refractivity contribution in [2.45, 2.75) is 51.4 Å². The quantitative estimate of drug-likeness (QED) is 0.612. The number of carbonyl (C=O) groups is 2. The predicted octanol–water partition coefficient (Wildman–Crippen LogP) is 2.75. The normalized spacial score (nSPS) is 27.1. The minimum atomic E-state index is 0.726. The molecule has 0 radical (unpaired) electrons. The number of aldehydes is 2. The Hall–Kier alpha value is -0.660. The average Bonchev–Trinajstić information content (AvgIpc) is 2.25. The van der Waals surface area contributed by atoms with Crippen LogP contribution in [0.5, 0.6) is 0 Å². The van der Waals surface area contributed by atoms with Crippen molar-refractivity contribution in [1.29, 1.82) is 0 Å². The minimum Gasteiger partial charge on any atom is -0.303 e. The fourth-order valence-electron chi connectivity index (χ4n) is 2.42. The Kier molecular flexibility index (Phi) is 5.50. The highest BCUT2D eigenvalue weighted by atomic mass is 16.1. The van der Waals surface area contributed by atoms with E-state index in [0.717, 1.165) is 50.1 Å². The molecule has 1 aliphatic carbocycles. The van der Waals surface area contributed by atoms with E-state index in [0.29, 0.717) is 0 Å². The maximum atomic E-state index is 10.2. The monoisotopic (exact) mass is 196 g/mol. The van der Waals surface area contributed by atoms with E-state index in [1.807, 2.05) is 0 Å². The van der Waals surface area contributed by atoms with E-state index in [9.17, 15) is 9.59 Å². The van der Waals surface area contributed by atoms with Gasteiger partial charge in [-0.05, 0) is 24.7 Å². The third-order valence-corrected chi connectivity index (χ3v) is 3.35. The third-order valence-electron chi connectivity index (χ3n) is 3.35. The van der Waals surface area contributed by atoms with Crippen LogP contribution in [0.2, 0.25) is 0 Å². The van der Waals surface area contributed by atoms with Crippen LogP contribution in [0.4, 0.5) is 0 Å². The van der Waals surface area contributed by atoms with E-state index in [1.54, 1.807) is 0 Å². The van der Waals surface area contributed by atoms with Gasteiger partial charge in [0.25, 0.3) is 0 Å². The average molecular weight is 196 g/mol. The van der Waals surface area contributed by atoms with Crippen LogP contribution in [0.1, 0.15) is 51.4 Å². The first-order valence-electron chi connectivity index (χ1n) is 5.74. The summed E-state index contributed by atoms with van der Waals surface area (Å²) < 4.78 is 0. The van der Waals surface area contributed by atoms with Gasteiger partial charge in [-0.1, -0.05) is 25.7 Å². The first-order chi connectivity index (χ1) is 6.86. The Labute approximate surface area is 86.1 Å². The fraction of sp³-hybridized carbons (Fsp3) is 0.833. The summed E-state index contributed by atoms with van der Waals surface area (Å²) in [7, 11) is 0. The van der Waals surface area contributed by atoms with Crippen LogP contribution >= 0.6 is 0 Å². The predicted molar refractivity (Wildman–Crippen MR) is 56.0 cm³/mol. The Morgan fingerprint density at radius 1 is 0.786 bits per heavy atom. The summed E-state index contributed by atoms with van der Waals surface area (Å²) in [6.45, 7) is 0. The number of hydrogen-bond donors (Lipinski definition) is 0. The molecular weight excluding hydrogens is 176 g/mol. The van der Waals surface area contributed by atoms with Gasteiger partial charge >= 0.3 is 0 Å². The molecule has 14 heavy (non-hydrogen) atoms. The van der Waals surface area contributed by atoms with Gasteiger partial charge in [0, 0.05) is 12.8 Å². The molecule has 0 aromatic carbocycles. The number of rotatable bonds is 6. The lowest BCUT2D eigenvalue weighted by Gasteiger charge is -2.27. The minimum absolute atomic E-state index is 0.726. The van der Waals surface area contributed by atoms with Gasteiger partial charge in [0.2, 0.25) is 0 Å². The molecule has 0 aliphatic heterocycles. The van der Waals surface area contributed by atoms with Crippen LogP contribution in [-0.2, 0) is 9.59 Å². The molecule has 0 saturated heterocycles. The second kappa shape index (κ2) is 6.74. The van der Waals surface area contributed by atoms with E-state index >= 15 is 0 Å². The van der Waals surface area contributed by atoms with Crippen molar-refractivity contribution in [1.82, 2.24) is 0 Å². The fourth-order valence-corrected chi connectivity index (χ4v) is 2.42. The molecule has 2 heteroatoms. The standard InChI is InChI=1S/C12H20O2/c13-9-1-3-11-5-7-12(8-6-11)4-2-10-14/h9-12H,1-8H2. The molecule has 0 N–H and O–H groups in total. The molecule has 0 bridgehead atoms. The smallest absolute Gasteiger partial charge is 0.120 e. The van der Waals surface area contributed by atoms with Gasteiger partial charge in [-0.25, -0.2) is 0 Å². The lowest BCUT2D eigenvalue weighted by atomic mass is 9.78. The van der Waals surface area contributed by atoms with E-state index in [2.05, 4.69) is 0 Å². The zero-order chi connectivity index (χ0) is 10.2. The van der Waals surface area contributed by atoms with E-state index in [4.69, 9.17) is 0 Å². The highest BCUT2D eigenvalue weighted by molar-refractivity contribution is 5.49. The van der Waals surface area contributed by atoms with Gasteiger partial charge in [0.05, 0.1) is 0 Å². The van der Waals surface area contributed by atoms with Gasteiger partial charge in [0.15, 0.2) is 0 Å². The van der Waals surface area contributed by atoms with Gasteiger partial charge < -0.3 is 9.59 Å². The maximum absolute atomic E-state index is 10.2. The van der Waals surface area contributed by atoms with Crippen LogP contribution < -0.4 is 0 Å². The number of hydrogen-bond acceptors (Lipinski definition) is 2. The molecule has 1 fully saturated rings. The molecular formula is C12H20O2. The second-order valence-corrected chi connectivity index (χ2v) is 4.37. The highest BCUT2D eigenvalue weighted by Crippen LogP contribution is 2.33. The first-order valence-corrected chi connectivity index (χ1v) is 5.74.